The molecule has 1 aliphatic rings. The lowest BCUT2D eigenvalue weighted by Crippen LogP contribution is -2.31. The number of benzene rings is 4. The van der Waals surface area contributed by atoms with Gasteiger partial charge in [-0.1, -0.05) is 54.2 Å². The predicted molar refractivity (Wildman–Crippen MR) is 198 cm³/mol. The molecule has 1 aliphatic heterocycles. The summed E-state index contributed by atoms with van der Waals surface area (Å²) >= 11 is 1.04. The number of anilines is 1. The summed E-state index contributed by atoms with van der Waals surface area (Å²) in [4.78, 5) is 58.3. The van der Waals surface area contributed by atoms with E-state index in [1.807, 2.05) is 43.3 Å². The highest BCUT2D eigenvalue weighted by Crippen LogP contribution is 2.44. The third kappa shape index (κ3) is 7.75. The summed E-state index contributed by atoms with van der Waals surface area (Å²) in [5, 5.41) is 9.86. The zero-order chi connectivity index (χ0) is 37.5. The molecule has 11 nitrogen and oxygen atoms in total. The van der Waals surface area contributed by atoms with Gasteiger partial charge in [0.15, 0.2) is 23.9 Å². The SMILES string of the molecule is CCOc1ccc(C(=O)COC(=O)c2ccc(N3C(=O)CC(Sc4nc(-c5ccccc5)cc(-c5cccc(OC)c5OC)c4C#N)C3=O)cc2)cc1. The van der Waals surface area contributed by atoms with Crippen molar-refractivity contribution in [1.29, 1.82) is 5.26 Å². The van der Waals surface area contributed by atoms with Crippen molar-refractivity contribution in [3.8, 4) is 45.7 Å². The average molecular weight is 728 g/mol. The van der Waals surface area contributed by atoms with Crippen molar-refractivity contribution in [3.63, 3.8) is 0 Å². The fourth-order valence-electron chi connectivity index (χ4n) is 5.83. The van der Waals surface area contributed by atoms with Gasteiger partial charge in [0.05, 0.1) is 48.6 Å². The van der Waals surface area contributed by atoms with Gasteiger partial charge in [-0.3, -0.25) is 14.4 Å². The standard InChI is InChI=1S/C41H33N3O8S/c1-4-51-29-19-15-26(16-20-29)34(45)24-52-41(48)27-13-17-28(18-14-27)44-37(46)22-36(40(44)47)53-39-32(23-42)31(21-33(43-39)25-9-6-5-7-10-25)30-11-8-12-35(49-2)38(30)50-3/h5-21,36H,4,22,24H2,1-3H3. The number of nitrogens with zero attached hydrogens (tertiary/aromatic N) is 3. The molecule has 0 radical (unpaired) electrons. The lowest BCUT2D eigenvalue weighted by molar-refractivity contribution is -0.121. The molecule has 2 amide bonds. The van der Waals surface area contributed by atoms with Crippen LogP contribution in [-0.2, 0) is 14.3 Å². The number of hydrogen-bond acceptors (Lipinski definition) is 11. The lowest BCUT2D eigenvalue weighted by Gasteiger charge is -2.18. The molecule has 266 valence electrons. The monoisotopic (exact) mass is 727 g/mol. The second-order valence-electron chi connectivity index (χ2n) is 11.6. The van der Waals surface area contributed by atoms with Crippen molar-refractivity contribution in [2.75, 3.05) is 32.3 Å². The highest BCUT2D eigenvalue weighted by atomic mass is 32.2. The smallest absolute Gasteiger partial charge is 0.338 e. The van der Waals surface area contributed by atoms with E-state index >= 15 is 0 Å². The summed E-state index contributed by atoms with van der Waals surface area (Å²) in [6.45, 7) is 1.89. The first-order valence-electron chi connectivity index (χ1n) is 16.5. The summed E-state index contributed by atoms with van der Waals surface area (Å²) in [7, 11) is 3.04. The maximum Gasteiger partial charge on any atom is 0.338 e. The number of pyridine rings is 1. The number of esters is 1. The van der Waals surface area contributed by atoms with Gasteiger partial charge in [-0.2, -0.15) is 5.26 Å². The van der Waals surface area contributed by atoms with Crippen molar-refractivity contribution >= 4 is 41.0 Å². The Morgan fingerprint density at radius 3 is 2.26 bits per heavy atom. The van der Waals surface area contributed by atoms with Crippen molar-refractivity contribution in [1.82, 2.24) is 4.98 Å². The average Bonchev–Trinajstić information content (AvgIpc) is 3.47. The summed E-state index contributed by atoms with van der Waals surface area (Å²) in [6, 6.07) is 31.1. The van der Waals surface area contributed by atoms with Crippen LogP contribution in [0.4, 0.5) is 5.69 Å². The van der Waals surface area contributed by atoms with Gasteiger partial charge < -0.3 is 18.9 Å². The van der Waals surface area contributed by atoms with E-state index in [-0.39, 0.29) is 34.0 Å². The lowest BCUT2D eigenvalue weighted by atomic mass is 9.98. The number of nitriles is 1. The second-order valence-corrected chi connectivity index (χ2v) is 12.8. The van der Waals surface area contributed by atoms with E-state index in [0.717, 1.165) is 22.2 Å². The molecule has 0 spiro atoms. The molecule has 0 N–H and O–H groups in total. The summed E-state index contributed by atoms with van der Waals surface area (Å²) in [5.41, 5.74) is 3.45. The van der Waals surface area contributed by atoms with E-state index in [1.54, 1.807) is 42.5 Å². The molecule has 0 bridgehead atoms. The number of carbonyl (C=O) groups is 4. The first kappa shape index (κ1) is 36.3. The van der Waals surface area contributed by atoms with E-state index in [4.69, 9.17) is 23.9 Å². The quantitative estimate of drug-likeness (QED) is 0.0692. The van der Waals surface area contributed by atoms with Gasteiger partial charge in [0.25, 0.3) is 0 Å². The fourth-order valence-corrected chi connectivity index (χ4v) is 6.96. The van der Waals surface area contributed by atoms with Crippen LogP contribution in [-0.4, -0.2) is 61.2 Å². The number of carbonyl (C=O) groups excluding carboxylic acids is 4. The number of Topliss-reactive ketones (excluding diaryl/α,β-unsaturated/α-hetero) is 1. The van der Waals surface area contributed by atoms with Gasteiger partial charge in [-0.05, 0) is 67.6 Å². The number of thioether (sulfide) groups is 1. The molecule has 5 aromatic rings. The van der Waals surface area contributed by atoms with E-state index in [9.17, 15) is 24.4 Å². The van der Waals surface area contributed by atoms with Gasteiger partial charge in [-0.25, -0.2) is 14.7 Å². The van der Waals surface area contributed by atoms with Crippen LogP contribution in [0.3, 0.4) is 0 Å². The van der Waals surface area contributed by atoms with Crippen molar-refractivity contribution < 1.29 is 38.1 Å². The van der Waals surface area contributed by atoms with Gasteiger partial charge in [0.1, 0.15) is 16.8 Å². The zero-order valence-electron chi connectivity index (χ0n) is 29.0. The Balaban J connectivity index is 1.22. The van der Waals surface area contributed by atoms with Gasteiger partial charge in [0.2, 0.25) is 11.8 Å². The van der Waals surface area contributed by atoms with E-state index in [0.29, 0.717) is 46.2 Å². The maximum atomic E-state index is 13.8. The Bertz CT molecular complexity index is 2220. The first-order valence-corrected chi connectivity index (χ1v) is 17.4. The summed E-state index contributed by atoms with van der Waals surface area (Å²) < 4.78 is 21.8. The molecule has 1 unspecified atom stereocenters. The third-order valence-corrected chi connectivity index (χ3v) is 9.57. The molecule has 0 aliphatic carbocycles. The number of imide groups is 1. The molecule has 53 heavy (non-hydrogen) atoms. The fraction of sp³-hybridized carbons (Fsp3) is 0.171. The molecule has 1 fully saturated rings. The Labute approximate surface area is 310 Å². The molecule has 1 atom stereocenters. The number of para-hydroxylation sites is 1. The van der Waals surface area contributed by atoms with Gasteiger partial charge in [0, 0.05) is 28.7 Å². The number of ether oxygens (including phenoxy) is 4. The number of hydrogen-bond donors (Lipinski definition) is 0. The Kier molecular flexibility index (Phi) is 11.2. The normalized spacial score (nSPS) is 13.7. The Hall–Kier alpha value is -6.45. The Morgan fingerprint density at radius 2 is 1.60 bits per heavy atom. The minimum Gasteiger partial charge on any atom is -0.494 e. The van der Waals surface area contributed by atoms with Crippen LogP contribution in [0.25, 0.3) is 22.4 Å². The molecular weight excluding hydrogens is 695 g/mol. The summed E-state index contributed by atoms with van der Waals surface area (Å²) in [5.74, 6) is -0.527. The largest absolute Gasteiger partial charge is 0.494 e. The number of ketones is 1. The van der Waals surface area contributed by atoms with Crippen molar-refractivity contribution in [3.05, 3.63) is 120 Å². The molecular formula is C41H33N3O8S. The van der Waals surface area contributed by atoms with Crippen LogP contribution in [0.2, 0.25) is 0 Å². The molecule has 4 aromatic carbocycles. The first-order chi connectivity index (χ1) is 25.8. The molecule has 6 rings (SSSR count). The Morgan fingerprint density at radius 1 is 0.887 bits per heavy atom. The van der Waals surface area contributed by atoms with Crippen LogP contribution in [0.5, 0.6) is 17.2 Å². The zero-order valence-corrected chi connectivity index (χ0v) is 29.8. The minimum atomic E-state index is -0.883. The van der Waals surface area contributed by atoms with Crippen LogP contribution in [0.15, 0.2) is 108 Å². The van der Waals surface area contributed by atoms with Crippen molar-refractivity contribution in [2.24, 2.45) is 0 Å². The number of amides is 2. The predicted octanol–water partition coefficient (Wildman–Crippen LogP) is 7.17. The number of methoxy groups -OCH3 is 2. The van der Waals surface area contributed by atoms with Gasteiger partial charge >= 0.3 is 5.97 Å². The molecule has 0 saturated carbocycles. The molecule has 1 saturated heterocycles. The molecule has 1 aromatic heterocycles. The van der Waals surface area contributed by atoms with Crippen LogP contribution in [0.1, 0.15) is 39.6 Å². The molecule has 12 heteroatoms. The van der Waals surface area contributed by atoms with E-state index < -0.39 is 29.6 Å². The van der Waals surface area contributed by atoms with Crippen LogP contribution in [0, 0.1) is 11.3 Å². The van der Waals surface area contributed by atoms with E-state index in [2.05, 4.69) is 6.07 Å². The van der Waals surface area contributed by atoms with E-state index in [1.165, 1.54) is 38.5 Å². The summed E-state index contributed by atoms with van der Waals surface area (Å²) in [6.07, 6.45) is -0.138. The number of rotatable bonds is 13. The third-order valence-electron chi connectivity index (χ3n) is 8.40. The number of aromatic nitrogens is 1. The minimum absolute atomic E-state index is 0.138. The van der Waals surface area contributed by atoms with Crippen molar-refractivity contribution in [2.45, 2.75) is 23.6 Å². The highest BCUT2D eigenvalue weighted by molar-refractivity contribution is 8.00. The topological polar surface area (TPSA) is 145 Å². The van der Waals surface area contributed by atoms with Gasteiger partial charge in [-0.15, -0.1) is 0 Å². The van der Waals surface area contributed by atoms with Crippen LogP contribution >= 0.6 is 11.8 Å². The highest BCUT2D eigenvalue weighted by Gasteiger charge is 2.41. The molecule has 2 heterocycles. The van der Waals surface area contributed by atoms with Crippen LogP contribution < -0.4 is 19.1 Å². The second kappa shape index (κ2) is 16.3. The maximum absolute atomic E-state index is 13.8.